The second-order valence-electron chi connectivity index (χ2n) is 7.86. The van der Waals surface area contributed by atoms with Gasteiger partial charge in [0.15, 0.2) is 0 Å². The molecule has 2 aromatic heterocycles. The zero-order valence-electron chi connectivity index (χ0n) is 16.2. The highest BCUT2D eigenvalue weighted by Crippen LogP contribution is 2.37. The van der Waals surface area contributed by atoms with Crippen LogP contribution in [-0.4, -0.2) is 31.2 Å². The van der Waals surface area contributed by atoms with Gasteiger partial charge in [0.05, 0.1) is 28.9 Å². The molecule has 0 amide bonds. The van der Waals surface area contributed by atoms with Gasteiger partial charge < -0.3 is 9.77 Å². The predicted molar refractivity (Wildman–Crippen MR) is 107 cm³/mol. The Bertz CT molecular complexity index is 1140. The normalized spacial score (nSPS) is 17.0. The van der Waals surface area contributed by atoms with E-state index in [1.54, 1.807) is 15.3 Å². The van der Waals surface area contributed by atoms with Crippen molar-refractivity contribution in [1.82, 2.24) is 14.0 Å². The zero-order valence-corrected chi connectivity index (χ0v) is 16.2. The van der Waals surface area contributed by atoms with Crippen molar-refractivity contribution in [2.24, 2.45) is 17.0 Å². The van der Waals surface area contributed by atoms with Crippen molar-refractivity contribution in [2.45, 2.75) is 45.6 Å². The average Bonchev–Trinajstić information content (AvgIpc) is 3.43. The Hall–Kier alpha value is -2.96. The van der Waals surface area contributed by atoms with E-state index in [2.05, 4.69) is 10.1 Å². The Morgan fingerprint density at radius 3 is 2.54 bits per heavy atom. The third kappa shape index (κ3) is 2.82. The summed E-state index contributed by atoms with van der Waals surface area (Å²) in [6.07, 6.45) is 4.75. The summed E-state index contributed by atoms with van der Waals surface area (Å²) in [5, 5.41) is 12.4. The largest absolute Gasteiger partial charge is 0.411 e. The maximum Gasteiger partial charge on any atom is 0.277 e. The second kappa shape index (κ2) is 6.89. The minimum Gasteiger partial charge on any atom is -0.411 e. The molecule has 7 heteroatoms. The molecular formula is C21H24N4O3. The number of carbonyl (C=O) groups excluding carboxylic acids is 1. The first-order valence-corrected chi connectivity index (χ1v) is 9.67. The number of nitrogens with zero attached hydrogens (tertiary/aromatic N) is 4. The van der Waals surface area contributed by atoms with E-state index in [4.69, 9.17) is 0 Å². The number of fused-ring (bicyclic) bond motifs is 3. The molecule has 1 N–H and O–H groups in total. The standard InChI is InChI=1S/C21H24N4O3/c1-12(2)25-17-7-5-4-6-16(17)24-11-22-18(19(24)21(25)27)15(10-23-28)13(3)20(26)14-8-9-14/h4-7,10-15,28H,8-9H2,1-3H3/b23-10-. The number of hydrogen-bond donors (Lipinski definition) is 1. The molecular weight excluding hydrogens is 356 g/mol. The molecule has 1 saturated carbocycles. The summed E-state index contributed by atoms with van der Waals surface area (Å²) in [5.74, 6) is -0.763. The molecule has 2 heterocycles. The maximum absolute atomic E-state index is 13.4. The van der Waals surface area contributed by atoms with Crippen LogP contribution in [0.1, 0.15) is 51.3 Å². The molecule has 0 bridgehead atoms. The monoisotopic (exact) mass is 380 g/mol. The Morgan fingerprint density at radius 1 is 1.25 bits per heavy atom. The van der Waals surface area contributed by atoms with Gasteiger partial charge in [-0.05, 0) is 38.8 Å². The molecule has 1 aromatic carbocycles. The van der Waals surface area contributed by atoms with E-state index in [0.717, 1.165) is 23.9 Å². The summed E-state index contributed by atoms with van der Waals surface area (Å²) in [7, 11) is 0. The lowest BCUT2D eigenvalue weighted by Gasteiger charge is -2.19. The third-order valence-corrected chi connectivity index (χ3v) is 5.64. The van der Waals surface area contributed by atoms with Crippen molar-refractivity contribution in [3.63, 3.8) is 0 Å². The van der Waals surface area contributed by atoms with Crippen LogP contribution in [0.4, 0.5) is 0 Å². The van der Waals surface area contributed by atoms with Crippen molar-refractivity contribution in [3.05, 3.63) is 46.6 Å². The number of aromatic nitrogens is 3. The van der Waals surface area contributed by atoms with E-state index in [9.17, 15) is 14.8 Å². The predicted octanol–water partition coefficient (Wildman–Crippen LogP) is 3.39. The molecule has 1 fully saturated rings. The van der Waals surface area contributed by atoms with Gasteiger partial charge in [-0.1, -0.05) is 19.1 Å². The first kappa shape index (κ1) is 18.4. The topological polar surface area (TPSA) is 89.0 Å². The van der Waals surface area contributed by atoms with E-state index < -0.39 is 11.8 Å². The Balaban J connectivity index is 1.99. The van der Waals surface area contributed by atoms with Crippen LogP contribution in [-0.2, 0) is 4.79 Å². The summed E-state index contributed by atoms with van der Waals surface area (Å²) in [4.78, 5) is 30.6. The lowest BCUT2D eigenvalue weighted by molar-refractivity contribution is -0.123. The van der Waals surface area contributed by atoms with Gasteiger partial charge in [0.2, 0.25) is 0 Å². The molecule has 2 atom stereocenters. The van der Waals surface area contributed by atoms with Crippen LogP contribution < -0.4 is 5.56 Å². The summed E-state index contributed by atoms with van der Waals surface area (Å²) in [6.45, 7) is 5.75. The number of benzene rings is 1. The Labute approximate surface area is 162 Å². The van der Waals surface area contributed by atoms with Crippen molar-refractivity contribution < 1.29 is 10.0 Å². The minimum atomic E-state index is -0.558. The maximum atomic E-state index is 13.4. The summed E-state index contributed by atoms with van der Waals surface area (Å²) >= 11 is 0. The lowest BCUT2D eigenvalue weighted by Crippen LogP contribution is -2.27. The SMILES string of the molecule is CC(C(=O)C1CC1)C(/C=N\O)c1ncn2c1c(=O)n(C(C)C)c1ccccc12. The highest BCUT2D eigenvalue weighted by atomic mass is 16.4. The van der Waals surface area contributed by atoms with E-state index in [0.29, 0.717) is 11.2 Å². The van der Waals surface area contributed by atoms with Crippen LogP contribution in [0.5, 0.6) is 0 Å². The number of imidazole rings is 1. The van der Waals surface area contributed by atoms with Gasteiger partial charge in [-0.25, -0.2) is 4.98 Å². The number of hydrogen-bond acceptors (Lipinski definition) is 5. The number of oxime groups is 1. The lowest BCUT2D eigenvalue weighted by atomic mass is 9.86. The van der Waals surface area contributed by atoms with Crippen LogP contribution in [0.3, 0.4) is 0 Å². The number of rotatable bonds is 6. The van der Waals surface area contributed by atoms with E-state index in [-0.39, 0.29) is 23.3 Å². The van der Waals surface area contributed by atoms with Gasteiger partial charge in [0.1, 0.15) is 17.6 Å². The van der Waals surface area contributed by atoms with Gasteiger partial charge in [-0.2, -0.15) is 0 Å². The molecule has 4 rings (SSSR count). The number of ketones is 1. The van der Waals surface area contributed by atoms with Crippen molar-refractivity contribution in [1.29, 1.82) is 0 Å². The van der Waals surface area contributed by atoms with Gasteiger partial charge in [-0.15, -0.1) is 5.16 Å². The molecule has 2 unspecified atom stereocenters. The molecule has 3 aromatic rings. The van der Waals surface area contributed by atoms with Gasteiger partial charge in [0.25, 0.3) is 5.56 Å². The fourth-order valence-electron chi connectivity index (χ4n) is 4.03. The van der Waals surface area contributed by atoms with Gasteiger partial charge >= 0.3 is 0 Å². The quantitative estimate of drug-likeness (QED) is 0.403. The number of Topliss-reactive ketones (excluding diaryl/α,β-unsaturated/α-hetero) is 1. The molecule has 146 valence electrons. The first-order chi connectivity index (χ1) is 13.5. The van der Waals surface area contributed by atoms with Crippen LogP contribution in [0, 0.1) is 11.8 Å². The molecule has 1 aliphatic carbocycles. The summed E-state index contributed by atoms with van der Waals surface area (Å²) < 4.78 is 3.52. The average molecular weight is 380 g/mol. The highest BCUT2D eigenvalue weighted by Gasteiger charge is 2.38. The van der Waals surface area contributed by atoms with Crippen LogP contribution >= 0.6 is 0 Å². The first-order valence-electron chi connectivity index (χ1n) is 9.67. The fraction of sp³-hybridized carbons (Fsp3) is 0.429. The molecule has 0 saturated heterocycles. The van der Waals surface area contributed by atoms with Crippen LogP contribution in [0.2, 0.25) is 0 Å². The fourth-order valence-corrected chi connectivity index (χ4v) is 4.03. The van der Waals surface area contributed by atoms with Gasteiger partial charge in [-0.3, -0.25) is 14.0 Å². The molecule has 1 aliphatic rings. The van der Waals surface area contributed by atoms with E-state index in [1.165, 1.54) is 6.21 Å². The highest BCUT2D eigenvalue weighted by molar-refractivity contribution is 5.90. The van der Waals surface area contributed by atoms with Crippen molar-refractivity contribution in [2.75, 3.05) is 0 Å². The number of carbonyl (C=O) groups is 1. The summed E-state index contributed by atoms with van der Waals surface area (Å²) in [5.41, 5.74) is 2.43. The second-order valence-corrected chi connectivity index (χ2v) is 7.86. The van der Waals surface area contributed by atoms with E-state index in [1.807, 2.05) is 45.0 Å². The third-order valence-electron chi connectivity index (χ3n) is 5.64. The molecule has 0 aliphatic heterocycles. The number of para-hydroxylation sites is 2. The molecule has 7 nitrogen and oxygen atoms in total. The Kier molecular flexibility index (Phi) is 4.53. The van der Waals surface area contributed by atoms with E-state index >= 15 is 0 Å². The van der Waals surface area contributed by atoms with Crippen molar-refractivity contribution in [3.8, 4) is 0 Å². The molecule has 0 spiro atoms. The Morgan fingerprint density at radius 2 is 1.93 bits per heavy atom. The smallest absolute Gasteiger partial charge is 0.277 e. The molecule has 28 heavy (non-hydrogen) atoms. The summed E-state index contributed by atoms with van der Waals surface area (Å²) in [6, 6.07) is 7.65. The minimum absolute atomic E-state index is 0.0411. The van der Waals surface area contributed by atoms with Crippen LogP contribution in [0.15, 0.2) is 40.5 Å². The van der Waals surface area contributed by atoms with Crippen molar-refractivity contribution >= 4 is 28.5 Å². The van der Waals surface area contributed by atoms with Crippen LogP contribution in [0.25, 0.3) is 16.6 Å². The van der Waals surface area contributed by atoms with Gasteiger partial charge in [0, 0.05) is 17.9 Å². The molecule has 0 radical (unpaired) electrons. The zero-order chi connectivity index (χ0) is 20.0.